The van der Waals surface area contributed by atoms with Gasteiger partial charge >= 0.3 is 0 Å². The van der Waals surface area contributed by atoms with E-state index in [2.05, 4.69) is 22.9 Å². The van der Waals surface area contributed by atoms with Gasteiger partial charge in [0.1, 0.15) is 11.4 Å². The Kier molecular flexibility index (Phi) is 4.58. The van der Waals surface area contributed by atoms with E-state index in [1.165, 1.54) is 5.56 Å². The molecule has 2 heteroatoms. The average Bonchev–Trinajstić information content (AvgIpc) is 2.44. The number of benzene rings is 1. The van der Waals surface area contributed by atoms with E-state index in [-0.39, 0.29) is 0 Å². The fourth-order valence-corrected chi connectivity index (χ4v) is 1.80. The van der Waals surface area contributed by atoms with Gasteiger partial charge in [0.2, 0.25) is 0 Å². The number of rotatable bonds is 3. The lowest BCUT2D eigenvalue weighted by atomic mass is 10.1. The number of hydrogen-bond acceptors (Lipinski definition) is 2. The van der Waals surface area contributed by atoms with Crippen LogP contribution in [0.15, 0.2) is 42.5 Å². The van der Waals surface area contributed by atoms with Crippen LogP contribution in [0.4, 0.5) is 0 Å². The topological polar surface area (TPSA) is 22.1 Å². The number of aromatic nitrogens is 1. The molecule has 0 atom stereocenters. The minimum absolute atomic E-state index is 0.822. The first-order valence-electron chi connectivity index (χ1n) is 6.33. The molecule has 0 aliphatic heterocycles. The first kappa shape index (κ1) is 13.2. The van der Waals surface area contributed by atoms with Crippen LogP contribution in [0.2, 0.25) is 0 Å². The van der Waals surface area contributed by atoms with E-state index in [9.17, 15) is 0 Å². The van der Waals surface area contributed by atoms with Crippen LogP contribution in [-0.4, -0.2) is 12.1 Å². The van der Waals surface area contributed by atoms with Gasteiger partial charge in [0.05, 0.1) is 7.11 Å². The predicted molar refractivity (Wildman–Crippen MR) is 77.2 cm³/mol. The Labute approximate surface area is 114 Å². The maximum absolute atomic E-state index is 5.20. The standard InChI is InChI=1S/C17H17NO/c1-14-7-5-11-16(18-14)10-4-3-8-15-9-6-12-17(13-15)19-2/h5-7,9,11-13H,3,8H2,1-2H3. The molecule has 0 spiro atoms. The van der Waals surface area contributed by atoms with Crippen LogP contribution < -0.4 is 4.74 Å². The summed E-state index contributed by atoms with van der Waals surface area (Å²) >= 11 is 0. The third-order valence-electron chi connectivity index (χ3n) is 2.78. The van der Waals surface area contributed by atoms with E-state index < -0.39 is 0 Å². The fraction of sp³-hybridized carbons (Fsp3) is 0.235. The van der Waals surface area contributed by atoms with Gasteiger partial charge in [-0.2, -0.15) is 0 Å². The number of methoxy groups -OCH3 is 1. The molecule has 0 amide bonds. The summed E-state index contributed by atoms with van der Waals surface area (Å²) in [4.78, 5) is 4.35. The van der Waals surface area contributed by atoms with Crippen molar-refractivity contribution in [2.45, 2.75) is 19.8 Å². The molecule has 2 rings (SSSR count). The summed E-state index contributed by atoms with van der Waals surface area (Å²) < 4.78 is 5.20. The zero-order chi connectivity index (χ0) is 13.5. The van der Waals surface area contributed by atoms with E-state index in [4.69, 9.17) is 4.74 Å². The van der Waals surface area contributed by atoms with Gasteiger partial charge in [0.15, 0.2) is 0 Å². The molecule has 0 aliphatic carbocycles. The maximum Gasteiger partial charge on any atom is 0.119 e. The largest absolute Gasteiger partial charge is 0.497 e. The van der Waals surface area contributed by atoms with Gasteiger partial charge in [0, 0.05) is 12.1 Å². The van der Waals surface area contributed by atoms with Crippen molar-refractivity contribution >= 4 is 0 Å². The monoisotopic (exact) mass is 251 g/mol. The second-order valence-corrected chi connectivity index (χ2v) is 4.32. The summed E-state index contributed by atoms with van der Waals surface area (Å²) in [7, 11) is 1.68. The third-order valence-corrected chi connectivity index (χ3v) is 2.78. The van der Waals surface area contributed by atoms with Crippen LogP contribution >= 0.6 is 0 Å². The third kappa shape index (κ3) is 4.15. The van der Waals surface area contributed by atoms with Gasteiger partial charge in [-0.05, 0) is 49.1 Å². The van der Waals surface area contributed by atoms with Crippen molar-refractivity contribution in [2.75, 3.05) is 7.11 Å². The van der Waals surface area contributed by atoms with E-state index in [0.717, 1.165) is 30.0 Å². The Balaban J connectivity index is 1.93. The van der Waals surface area contributed by atoms with Gasteiger partial charge in [-0.1, -0.05) is 24.1 Å². The molecule has 2 aromatic rings. The first-order valence-corrected chi connectivity index (χ1v) is 6.33. The van der Waals surface area contributed by atoms with Crippen LogP contribution in [0.3, 0.4) is 0 Å². The molecule has 0 N–H and O–H groups in total. The van der Waals surface area contributed by atoms with Gasteiger partial charge < -0.3 is 4.74 Å². The molecule has 0 saturated carbocycles. The average molecular weight is 251 g/mol. The van der Waals surface area contributed by atoms with Crippen LogP contribution in [0.1, 0.15) is 23.4 Å². The van der Waals surface area contributed by atoms with E-state index in [0.29, 0.717) is 0 Å². The normalized spacial score (nSPS) is 9.58. The zero-order valence-electron chi connectivity index (χ0n) is 11.3. The molecule has 0 saturated heterocycles. The molecule has 0 aliphatic rings. The van der Waals surface area contributed by atoms with Crippen molar-refractivity contribution < 1.29 is 4.74 Å². The lowest BCUT2D eigenvalue weighted by Gasteiger charge is -2.01. The molecule has 19 heavy (non-hydrogen) atoms. The Morgan fingerprint density at radius 3 is 2.79 bits per heavy atom. The van der Waals surface area contributed by atoms with Crippen LogP contribution in [0.5, 0.6) is 5.75 Å². The summed E-state index contributed by atoms with van der Waals surface area (Å²) in [5.41, 5.74) is 3.08. The van der Waals surface area contributed by atoms with Crippen LogP contribution in [0.25, 0.3) is 0 Å². The van der Waals surface area contributed by atoms with E-state index in [1.807, 2.05) is 43.3 Å². The first-order chi connectivity index (χ1) is 9.28. The Morgan fingerprint density at radius 1 is 1.16 bits per heavy atom. The Bertz CT molecular complexity index is 608. The number of ether oxygens (including phenoxy) is 1. The van der Waals surface area contributed by atoms with Crippen molar-refractivity contribution in [3.05, 3.63) is 59.4 Å². The summed E-state index contributed by atoms with van der Waals surface area (Å²) in [6.07, 6.45) is 1.75. The van der Waals surface area contributed by atoms with Gasteiger partial charge in [0.25, 0.3) is 0 Å². The summed E-state index contributed by atoms with van der Waals surface area (Å²) in [6, 6.07) is 14.0. The van der Waals surface area contributed by atoms with Gasteiger partial charge in [-0.3, -0.25) is 0 Å². The molecule has 2 nitrogen and oxygen atoms in total. The molecule has 0 fully saturated rings. The number of aryl methyl sites for hydroxylation is 2. The second-order valence-electron chi connectivity index (χ2n) is 4.32. The summed E-state index contributed by atoms with van der Waals surface area (Å²) in [6.45, 7) is 1.97. The molecular formula is C17H17NO. The quantitative estimate of drug-likeness (QED) is 0.780. The Hall–Kier alpha value is -2.27. The van der Waals surface area contributed by atoms with Crippen molar-refractivity contribution in [3.8, 4) is 17.6 Å². The zero-order valence-corrected chi connectivity index (χ0v) is 11.3. The van der Waals surface area contributed by atoms with Crippen molar-refractivity contribution in [1.82, 2.24) is 4.98 Å². The van der Waals surface area contributed by atoms with Crippen LogP contribution in [-0.2, 0) is 6.42 Å². The summed E-state index contributed by atoms with van der Waals surface area (Å²) in [5.74, 6) is 7.15. The molecule has 0 unspecified atom stereocenters. The fourth-order valence-electron chi connectivity index (χ4n) is 1.80. The lowest BCUT2D eigenvalue weighted by molar-refractivity contribution is 0.414. The molecule has 1 heterocycles. The lowest BCUT2D eigenvalue weighted by Crippen LogP contribution is -1.87. The molecule has 1 aromatic heterocycles. The highest BCUT2D eigenvalue weighted by molar-refractivity contribution is 5.31. The molecule has 0 radical (unpaired) electrons. The minimum Gasteiger partial charge on any atom is -0.497 e. The number of pyridine rings is 1. The van der Waals surface area contributed by atoms with Crippen molar-refractivity contribution in [1.29, 1.82) is 0 Å². The molecule has 0 bridgehead atoms. The highest BCUT2D eigenvalue weighted by Gasteiger charge is 1.94. The van der Waals surface area contributed by atoms with E-state index in [1.54, 1.807) is 7.11 Å². The smallest absolute Gasteiger partial charge is 0.119 e. The highest BCUT2D eigenvalue weighted by atomic mass is 16.5. The minimum atomic E-state index is 0.822. The van der Waals surface area contributed by atoms with Crippen LogP contribution in [0, 0.1) is 18.8 Å². The second kappa shape index (κ2) is 6.61. The van der Waals surface area contributed by atoms with Gasteiger partial charge in [-0.15, -0.1) is 0 Å². The predicted octanol–water partition coefficient (Wildman–Crippen LogP) is 3.38. The van der Waals surface area contributed by atoms with E-state index >= 15 is 0 Å². The molecule has 1 aromatic carbocycles. The SMILES string of the molecule is COc1cccc(CCC#Cc2cccc(C)n2)c1. The highest BCUT2D eigenvalue weighted by Crippen LogP contribution is 2.13. The molecule has 96 valence electrons. The van der Waals surface area contributed by atoms with Gasteiger partial charge in [-0.25, -0.2) is 4.98 Å². The Morgan fingerprint density at radius 2 is 2.00 bits per heavy atom. The number of hydrogen-bond donors (Lipinski definition) is 0. The number of nitrogens with zero attached hydrogens (tertiary/aromatic N) is 1. The maximum atomic E-state index is 5.20. The molecular weight excluding hydrogens is 234 g/mol. The van der Waals surface area contributed by atoms with Crippen molar-refractivity contribution in [2.24, 2.45) is 0 Å². The summed E-state index contributed by atoms with van der Waals surface area (Å²) in [5, 5.41) is 0. The van der Waals surface area contributed by atoms with Crippen molar-refractivity contribution in [3.63, 3.8) is 0 Å².